The van der Waals surface area contributed by atoms with Crippen molar-refractivity contribution < 1.29 is 13.2 Å². The lowest BCUT2D eigenvalue weighted by Gasteiger charge is -2.15. The molecular formula is C12H16N2O3S. The molecule has 6 heteroatoms. The average molecular weight is 268 g/mol. The van der Waals surface area contributed by atoms with E-state index in [-0.39, 0.29) is 11.5 Å². The lowest BCUT2D eigenvalue weighted by Crippen LogP contribution is -2.35. The molecule has 0 amide bonds. The van der Waals surface area contributed by atoms with Crippen LogP contribution in [0.5, 0.6) is 5.75 Å². The van der Waals surface area contributed by atoms with Gasteiger partial charge in [0.2, 0.25) is 0 Å². The van der Waals surface area contributed by atoms with Gasteiger partial charge in [-0.1, -0.05) is 6.07 Å². The Morgan fingerprint density at radius 1 is 1.50 bits per heavy atom. The van der Waals surface area contributed by atoms with Gasteiger partial charge >= 0.3 is 0 Å². The molecule has 0 heterocycles. The van der Waals surface area contributed by atoms with Crippen molar-refractivity contribution in [2.45, 2.75) is 23.8 Å². The van der Waals surface area contributed by atoms with Crippen molar-refractivity contribution in [2.75, 3.05) is 12.9 Å². The summed E-state index contributed by atoms with van der Waals surface area (Å²) < 4.78 is 28.1. The highest BCUT2D eigenvalue weighted by Gasteiger charge is 2.17. The first-order valence-electron chi connectivity index (χ1n) is 5.38. The number of ether oxygens (including phenoxy) is 1. The van der Waals surface area contributed by atoms with Gasteiger partial charge in [0.25, 0.3) is 0 Å². The van der Waals surface area contributed by atoms with Crippen LogP contribution in [0, 0.1) is 11.3 Å². The summed E-state index contributed by atoms with van der Waals surface area (Å²) in [5.41, 5.74) is 4.71. The quantitative estimate of drug-likeness (QED) is 0.863. The van der Waals surface area contributed by atoms with E-state index in [1.54, 1.807) is 19.1 Å². The second-order valence-electron chi connectivity index (χ2n) is 4.37. The van der Waals surface area contributed by atoms with Gasteiger partial charge < -0.3 is 10.5 Å². The highest BCUT2D eigenvalue weighted by molar-refractivity contribution is 7.90. The fourth-order valence-corrected chi connectivity index (χ4v) is 1.89. The fourth-order valence-electron chi connectivity index (χ4n) is 1.23. The average Bonchev–Trinajstić information content (AvgIpc) is 2.28. The number of benzene rings is 1. The Hall–Kier alpha value is -1.58. The van der Waals surface area contributed by atoms with E-state index in [1.165, 1.54) is 12.1 Å². The first-order valence-corrected chi connectivity index (χ1v) is 7.27. The molecule has 0 saturated carbocycles. The molecule has 0 aliphatic heterocycles. The van der Waals surface area contributed by atoms with Crippen LogP contribution in [0.2, 0.25) is 0 Å². The number of hydrogen-bond acceptors (Lipinski definition) is 5. The highest BCUT2D eigenvalue weighted by atomic mass is 32.2. The van der Waals surface area contributed by atoms with Crippen LogP contribution >= 0.6 is 0 Å². The van der Waals surface area contributed by atoms with Crippen LogP contribution in [0.1, 0.15) is 13.3 Å². The van der Waals surface area contributed by atoms with Crippen LogP contribution in [0.4, 0.5) is 0 Å². The molecule has 0 aromatic heterocycles. The fraction of sp³-hybridized carbons (Fsp3) is 0.417. The van der Waals surface area contributed by atoms with E-state index < -0.39 is 15.4 Å². The first kappa shape index (κ1) is 14.5. The Balaban J connectivity index is 2.68. The third kappa shape index (κ3) is 4.35. The van der Waals surface area contributed by atoms with Gasteiger partial charge in [-0.25, -0.2) is 8.42 Å². The highest BCUT2D eigenvalue weighted by Crippen LogP contribution is 2.18. The molecule has 0 fully saturated rings. The molecule has 0 aliphatic rings. The summed E-state index contributed by atoms with van der Waals surface area (Å²) in [6.45, 7) is 1.87. The summed E-state index contributed by atoms with van der Waals surface area (Å²) >= 11 is 0. The number of nitriles is 1. The van der Waals surface area contributed by atoms with Crippen LogP contribution in [0.15, 0.2) is 29.2 Å². The largest absolute Gasteiger partial charge is 0.493 e. The smallest absolute Gasteiger partial charge is 0.175 e. The predicted octanol–water partition coefficient (Wildman–Crippen LogP) is 1.10. The molecule has 98 valence electrons. The normalized spacial score (nSPS) is 14.6. The van der Waals surface area contributed by atoms with Gasteiger partial charge in [-0.2, -0.15) is 5.26 Å². The molecule has 1 aromatic rings. The minimum Gasteiger partial charge on any atom is -0.493 e. The molecular weight excluding hydrogens is 252 g/mol. The van der Waals surface area contributed by atoms with E-state index in [0.29, 0.717) is 12.2 Å². The Labute approximate surface area is 107 Å². The lowest BCUT2D eigenvalue weighted by atomic mass is 10.0. The van der Waals surface area contributed by atoms with Crippen LogP contribution < -0.4 is 10.5 Å². The molecule has 1 unspecified atom stereocenters. The minimum atomic E-state index is -3.24. The predicted molar refractivity (Wildman–Crippen MR) is 67.9 cm³/mol. The van der Waals surface area contributed by atoms with Gasteiger partial charge in [-0.05, 0) is 25.1 Å². The van der Waals surface area contributed by atoms with Crippen molar-refractivity contribution in [3.63, 3.8) is 0 Å². The number of nitrogens with zero attached hydrogens (tertiary/aromatic N) is 1. The molecule has 0 spiro atoms. The SMILES string of the molecule is CC(N)(C#N)CCOc1cccc(S(C)(=O)=O)c1. The Morgan fingerprint density at radius 3 is 2.72 bits per heavy atom. The van der Waals surface area contributed by atoms with E-state index in [4.69, 9.17) is 15.7 Å². The van der Waals surface area contributed by atoms with Crippen LogP contribution in [0.25, 0.3) is 0 Å². The summed E-state index contributed by atoms with van der Waals surface area (Å²) in [5, 5.41) is 8.73. The Kier molecular flexibility index (Phi) is 4.33. The first-order chi connectivity index (χ1) is 8.24. The van der Waals surface area contributed by atoms with Gasteiger partial charge in [0.15, 0.2) is 9.84 Å². The summed E-state index contributed by atoms with van der Waals surface area (Å²) in [6.07, 6.45) is 1.51. The van der Waals surface area contributed by atoms with Crippen molar-refractivity contribution >= 4 is 9.84 Å². The number of sulfone groups is 1. The molecule has 0 radical (unpaired) electrons. The van der Waals surface area contributed by atoms with Gasteiger partial charge in [0, 0.05) is 12.7 Å². The van der Waals surface area contributed by atoms with Crippen LogP contribution in [0.3, 0.4) is 0 Å². The monoisotopic (exact) mass is 268 g/mol. The van der Waals surface area contributed by atoms with Crippen molar-refractivity contribution in [1.29, 1.82) is 5.26 Å². The number of rotatable bonds is 5. The third-order valence-electron chi connectivity index (χ3n) is 2.38. The summed E-state index contributed by atoms with van der Waals surface area (Å²) in [4.78, 5) is 0.204. The molecule has 0 aliphatic carbocycles. The molecule has 2 N–H and O–H groups in total. The van der Waals surface area contributed by atoms with Gasteiger partial charge in [-0.3, -0.25) is 0 Å². The van der Waals surface area contributed by atoms with Gasteiger partial charge in [0.05, 0.1) is 17.6 Å². The zero-order chi connectivity index (χ0) is 13.8. The number of nitrogens with two attached hydrogens (primary N) is 1. The van der Waals surface area contributed by atoms with Crippen LogP contribution in [-0.4, -0.2) is 26.8 Å². The van der Waals surface area contributed by atoms with Gasteiger partial charge in [0.1, 0.15) is 11.3 Å². The summed E-state index contributed by atoms with van der Waals surface area (Å²) in [6, 6.07) is 8.19. The molecule has 18 heavy (non-hydrogen) atoms. The second-order valence-corrected chi connectivity index (χ2v) is 6.39. The molecule has 1 rings (SSSR count). The van der Waals surface area contributed by atoms with Crippen molar-refractivity contribution in [2.24, 2.45) is 5.73 Å². The Morgan fingerprint density at radius 2 is 2.17 bits per heavy atom. The van der Waals surface area contributed by atoms with E-state index in [1.807, 2.05) is 6.07 Å². The summed E-state index contributed by atoms with van der Waals surface area (Å²) in [7, 11) is -3.24. The second kappa shape index (κ2) is 5.38. The minimum absolute atomic E-state index is 0.204. The van der Waals surface area contributed by atoms with Crippen molar-refractivity contribution in [1.82, 2.24) is 0 Å². The van der Waals surface area contributed by atoms with Gasteiger partial charge in [-0.15, -0.1) is 0 Å². The van der Waals surface area contributed by atoms with E-state index in [9.17, 15) is 8.42 Å². The maximum absolute atomic E-state index is 11.3. The standard InChI is InChI=1S/C12H16N2O3S/c1-12(14,9-13)6-7-17-10-4-3-5-11(8-10)18(2,15)16/h3-5,8H,6-7,14H2,1-2H3. The maximum atomic E-state index is 11.3. The third-order valence-corrected chi connectivity index (χ3v) is 3.49. The van der Waals surface area contributed by atoms with Crippen LogP contribution in [-0.2, 0) is 9.84 Å². The lowest BCUT2D eigenvalue weighted by molar-refractivity contribution is 0.285. The maximum Gasteiger partial charge on any atom is 0.175 e. The molecule has 0 saturated heterocycles. The van der Waals surface area contributed by atoms with Crippen molar-refractivity contribution in [3.8, 4) is 11.8 Å². The summed E-state index contributed by atoms with van der Waals surface area (Å²) in [5.74, 6) is 0.451. The molecule has 0 bridgehead atoms. The van der Waals surface area contributed by atoms with E-state index in [0.717, 1.165) is 6.26 Å². The zero-order valence-electron chi connectivity index (χ0n) is 10.4. The van der Waals surface area contributed by atoms with E-state index >= 15 is 0 Å². The topological polar surface area (TPSA) is 93.2 Å². The molecule has 1 aromatic carbocycles. The Bertz CT molecular complexity index is 559. The van der Waals surface area contributed by atoms with Crippen molar-refractivity contribution in [3.05, 3.63) is 24.3 Å². The number of hydrogen-bond donors (Lipinski definition) is 1. The molecule has 1 atom stereocenters. The molecule has 5 nitrogen and oxygen atoms in total. The zero-order valence-corrected chi connectivity index (χ0v) is 11.2. The van der Waals surface area contributed by atoms with E-state index in [2.05, 4.69) is 0 Å².